The Balaban J connectivity index is 2.03. The molecule has 14 heavy (non-hydrogen) atoms. The molecule has 1 aliphatic rings. The maximum Gasteiger partial charge on any atom is 0.193 e. The van der Waals surface area contributed by atoms with Gasteiger partial charge in [0.05, 0.1) is 6.04 Å². The van der Waals surface area contributed by atoms with E-state index in [1.165, 1.54) is 32.1 Å². The summed E-state index contributed by atoms with van der Waals surface area (Å²) in [5.41, 5.74) is 6.13. The summed E-state index contributed by atoms with van der Waals surface area (Å²) in [4.78, 5) is 0. The standard InChI is InChI=1S/C11H16ClNO/c12-10-7-6-9(14-10)11(13)8-4-2-1-3-5-8/h6-8,11H,1-5,13H2/t11-/m1/s1. The molecule has 0 aliphatic heterocycles. The first-order chi connectivity index (χ1) is 6.77. The highest BCUT2D eigenvalue weighted by Gasteiger charge is 2.23. The van der Waals surface area contributed by atoms with Crippen LogP contribution in [0.5, 0.6) is 0 Å². The van der Waals surface area contributed by atoms with Crippen molar-refractivity contribution in [3.05, 3.63) is 23.1 Å². The molecular formula is C11H16ClNO. The van der Waals surface area contributed by atoms with Gasteiger partial charge in [0.25, 0.3) is 0 Å². The van der Waals surface area contributed by atoms with Crippen molar-refractivity contribution in [2.45, 2.75) is 38.1 Å². The van der Waals surface area contributed by atoms with Crippen molar-refractivity contribution in [3.63, 3.8) is 0 Å². The van der Waals surface area contributed by atoms with Crippen LogP contribution < -0.4 is 5.73 Å². The Hall–Kier alpha value is -0.470. The van der Waals surface area contributed by atoms with Crippen LogP contribution in [0.25, 0.3) is 0 Å². The quantitative estimate of drug-likeness (QED) is 0.817. The molecule has 2 N–H and O–H groups in total. The molecule has 0 unspecified atom stereocenters. The van der Waals surface area contributed by atoms with Crippen molar-refractivity contribution in [1.82, 2.24) is 0 Å². The van der Waals surface area contributed by atoms with E-state index in [-0.39, 0.29) is 6.04 Å². The predicted octanol–water partition coefficient (Wildman–Crippen LogP) is 3.51. The van der Waals surface area contributed by atoms with Gasteiger partial charge in [-0.05, 0) is 42.5 Å². The Morgan fingerprint density at radius 3 is 2.57 bits per heavy atom. The zero-order valence-corrected chi connectivity index (χ0v) is 8.96. The van der Waals surface area contributed by atoms with Gasteiger partial charge in [-0.2, -0.15) is 0 Å². The first kappa shape index (κ1) is 10.1. The zero-order valence-electron chi connectivity index (χ0n) is 8.21. The summed E-state index contributed by atoms with van der Waals surface area (Å²) in [7, 11) is 0. The van der Waals surface area contributed by atoms with E-state index in [4.69, 9.17) is 21.8 Å². The Morgan fingerprint density at radius 1 is 1.29 bits per heavy atom. The molecule has 1 aromatic rings. The van der Waals surface area contributed by atoms with Crippen LogP contribution >= 0.6 is 11.6 Å². The fourth-order valence-corrected chi connectivity index (χ4v) is 2.39. The number of furan rings is 1. The van der Waals surface area contributed by atoms with E-state index in [0.717, 1.165) is 5.76 Å². The molecule has 0 spiro atoms. The van der Waals surface area contributed by atoms with E-state index in [0.29, 0.717) is 11.1 Å². The molecule has 0 radical (unpaired) electrons. The first-order valence-corrected chi connectivity index (χ1v) is 5.66. The van der Waals surface area contributed by atoms with Gasteiger partial charge in [0.15, 0.2) is 5.22 Å². The van der Waals surface area contributed by atoms with Gasteiger partial charge >= 0.3 is 0 Å². The Kier molecular flexibility index (Phi) is 3.14. The maximum absolute atomic E-state index is 6.13. The lowest BCUT2D eigenvalue weighted by Gasteiger charge is -2.25. The van der Waals surface area contributed by atoms with Gasteiger partial charge in [-0.25, -0.2) is 0 Å². The minimum absolute atomic E-state index is 0.0304. The highest BCUT2D eigenvalue weighted by atomic mass is 35.5. The average Bonchev–Trinajstić information content (AvgIpc) is 2.65. The van der Waals surface area contributed by atoms with Gasteiger partial charge in [-0.1, -0.05) is 19.3 Å². The normalized spacial score (nSPS) is 21.0. The molecule has 1 aliphatic carbocycles. The van der Waals surface area contributed by atoms with E-state index >= 15 is 0 Å². The van der Waals surface area contributed by atoms with Crippen molar-refractivity contribution >= 4 is 11.6 Å². The summed E-state index contributed by atoms with van der Waals surface area (Å²) >= 11 is 5.72. The third kappa shape index (κ3) is 2.12. The van der Waals surface area contributed by atoms with Crippen LogP contribution in [0.4, 0.5) is 0 Å². The van der Waals surface area contributed by atoms with Crippen molar-refractivity contribution < 1.29 is 4.42 Å². The van der Waals surface area contributed by atoms with Crippen LogP contribution in [0.1, 0.15) is 43.9 Å². The van der Waals surface area contributed by atoms with Crippen LogP contribution in [0.3, 0.4) is 0 Å². The fraction of sp³-hybridized carbons (Fsp3) is 0.636. The van der Waals surface area contributed by atoms with Gasteiger partial charge in [0.2, 0.25) is 0 Å². The Labute approximate surface area is 89.4 Å². The van der Waals surface area contributed by atoms with Crippen LogP contribution in [-0.2, 0) is 0 Å². The molecule has 3 heteroatoms. The van der Waals surface area contributed by atoms with Crippen molar-refractivity contribution in [2.24, 2.45) is 11.7 Å². The van der Waals surface area contributed by atoms with E-state index < -0.39 is 0 Å². The highest BCUT2D eigenvalue weighted by molar-refractivity contribution is 6.28. The Bertz CT molecular complexity index is 291. The van der Waals surface area contributed by atoms with Crippen molar-refractivity contribution in [1.29, 1.82) is 0 Å². The van der Waals surface area contributed by atoms with E-state index in [1.807, 2.05) is 6.07 Å². The summed E-state index contributed by atoms with van der Waals surface area (Å²) in [5, 5.41) is 0.436. The monoisotopic (exact) mass is 213 g/mol. The Morgan fingerprint density at radius 2 is 2.00 bits per heavy atom. The van der Waals surface area contributed by atoms with Crippen molar-refractivity contribution in [3.8, 4) is 0 Å². The van der Waals surface area contributed by atoms with Gasteiger partial charge < -0.3 is 10.2 Å². The molecule has 1 atom stereocenters. The van der Waals surface area contributed by atoms with Crippen LogP contribution in [0.2, 0.25) is 5.22 Å². The van der Waals surface area contributed by atoms with Crippen molar-refractivity contribution in [2.75, 3.05) is 0 Å². The van der Waals surface area contributed by atoms with Crippen LogP contribution in [-0.4, -0.2) is 0 Å². The smallest absolute Gasteiger partial charge is 0.193 e. The molecule has 1 aromatic heterocycles. The minimum atomic E-state index is 0.0304. The van der Waals surface area contributed by atoms with Gasteiger partial charge in [-0.3, -0.25) is 0 Å². The molecule has 0 saturated heterocycles. The molecule has 0 aromatic carbocycles. The second-order valence-corrected chi connectivity index (χ2v) is 4.44. The number of halogens is 1. The lowest BCUT2D eigenvalue weighted by atomic mass is 9.83. The average molecular weight is 214 g/mol. The summed E-state index contributed by atoms with van der Waals surface area (Å²) in [5.74, 6) is 1.41. The van der Waals surface area contributed by atoms with Crippen LogP contribution in [0.15, 0.2) is 16.5 Å². The van der Waals surface area contributed by atoms with Gasteiger partial charge in [0.1, 0.15) is 5.76 Å². The van der Waals surface area contributed by atoms with E-state index in [1.54, 1.807) is 6.07 Å². The summed E-state index contributed by atoms with van der Waals surface area (Å²) in [6, 6.07) is 3.68. The lowest BCUT2D eigenvalue weighted by molar-refractivity contribution is 0.281. The third-order valence-corrected chi connectivity index (χ3v) is 3.28. The predicted molar refractivity (Wildman–Crippen MR) is 57.2 cm³/mol. The van der Waals surface area contributed by atoms with Crippen LogP contribution in [0, 0.1) is 5.92 Å². The first-order valence-electron chi connectivity index (χ1n) is 5.28. The van der Waals surface area contributed by atoms with Gasteiger partial charge in [0, 0.05) is 0 Å². The minimum Gasteiger partial charge on any atom is -0.448 e. The summed E-state index contributed by atoms with van der Waals surface area (Å²) in [6.07, 6.45) is 6.39. The molecule has 2 nitrogen and oxygen atoms in total. The van der Waals surface area contributed by atoms with E-state index in [2.05, 4.69) is 0 Å². The number of nitrogens with two attached hydrogens (primary N) is 1. The maximum atomic E-state index is 6.13. The number of hydrogen-bond acceptors (Lipinski definition) is 2. The van der Waals surface area contributed by atoms with E-state index in [9.17, 15) is 0 Å². The molecule has 1 fully saturated rings. The molecule has 78 valence electrons. The second-order valence-electron chi connectivity index (χ2n) is 4.07. The largest absolute Gasteiger partial charge is 0.448 e. The number of rotatable bonds is 2. The third-order valence-electron chi connectivity index (χ3n) is 3.08. The summed E-state index contributed by atoms with van der Waals surface area (Å²) in [6.45, 7) is 0. The molecule has 0 amide bonds. The fourth-order valence-electron chi connectivity index (χ4n) is 2.23. The number of hydrogen-bond donors (Lipinski definition) is 1. The van der Waals surface area contributed by atoms with Gasteiger partial charge in [-0.15, -0.1) is 0 Å². The zero-order chi connectivity index (χ0) is 9.97. The molecular weight excluding hydrogens is 198 g/mol. The molecule has 1 saturated carbocycles. The summed E-state index contributed by atoms with van der Waals surface area (Å²) < 4.78 is 5.34. The topological polar surface area (TPSA) is 39.2 Å². The lowest BCUT2D eigenvalue weighted by Crippen LogP contribution is -2.22. The second kappa shape index (κ2) is 4.37. The molecule has 0 bridgehead atoms. The molecule has 1 heterocycles. The SMILES string of the molecule is N[C@@H](c1ccc(Cl)o1)C1CCCCC1. The highest BCUT2D eigenvalue weighted by Crippen LogP contribution is 2.33. The molecule has 2 rings (SSSR count).